The standard InChI is InChI=1S/C15H43O7PSi5/c1-14-18-23(3,16)15(2)27(12,20-25(7,8)9)22-28(13,17)21-26(10,11)19-24(4,5)6/h15,17H,14H2,1-13H3. The van der Waals surface area contributed by atoms with E-state index in [1.807, 2.05) is 33.5 Å². The summed E-state index contributed by atoms with van der Waals surface area (Å²) in [5, 5.41) is -0.447. The Bertz CT molecular complexity index is 562. The molecule has 0 rings (SSSR count). The van der Waals surface area contributed by atoms with Crippen LogP contribution in [0.3, 0.4) is 0 Å². The summed E-state index contributed by atoms with van der Waals surface area (Å²) in [6, 6.07) is 0. The van der Waals surface area contributed by atoms with Crippen molar-refractivity contribution in [2.45, 2.75) is 84.6 Å². The number of rotatable bonds is 12. The Morgan fingerprint density at radius 1 is 0.821 bits per heavy atom. The molecule has 170 valence electrons. The Morgan fingerprint density at radius 3 is 1.61 bits per heavy atom. The Morgan fingerprint density at radius 2 is 1.25 bits per heavy atom. The van der Waals surface area contributed by atoms with Crippen LogP contribution in [0.4, 0.5) is 0 Å². The second-order valence-electron chi connectivity index (χ2n) is 9.95. The van der Waals surface area contributed by atoms with Gasteiger partial charge in [-0.25, -0.2) is 0 Å². The quantitative estimate of drug-likeness (QED) is 0.297. The molecule has 0 amide bonds. The van der Waals surface area contributed by atoms with Crippen molar-refractivity contribution in [3.8, 4) is 0 Å². The molecule has 0 heterocycles. The van der Waals surface area contributed by atoms with Crippen molar-refractivity contribution in [2.75, 3.05) is 13.3 Å². The van der Waals surface area contributed by atoms with Crippen LogP contribution in [-0.2, 0) is 25.5 Å². The van der Waals surface area contributed by atoms with E-state index in [1.165, 1.54) is 0 Å². The van der Waals surface area contributed by atoms with Gasteiger partial charge in [-0.15, -0.1) is 0 Å². The highest BCUT2D eigenvalue weighted by atomic mass is 31.2. The smallest absolute Gasteiger partial charge is 0.437 e. The van der Waals surface area contributed by atoms with E-state index >= 15 is 0 Å². The monoisotopic (exact) mass is 506 g/mol. The normalized spacial score (nSPS) is 21.5. The third kappa shape index (κ3) is 10.9. The van der Waals surface area contributed by atoms with Crippen molar-refractivity contribution in [1.82, 2.24) is 0 Å². The van der Waals surface area contributed by atoms with Crippen molar-refractivity contribution in [3.05, 3.63) is 0 Å². The van der Waals surface area contributed by atoms with Gasteiger partial charge in [-0.2, -0.15) is 0 Å². The van der Waals surface area contributed by atoms with Gasteiger partial charge in [0.1, 0.15) is 0 Å². The zero-order valence-electron chi connectivity index (χ0n) is 20.1. The molecule has 0 aliphatic carbocycles. The molecule has 0 aliphatic rings. The summed E-state index contributed by atoms with van der Waals surface area (Å²) in [6.07, 6.45) is 0. The first-order valence-electron chi connectivity index (χ1n) is 9.79. The van der Waals surface area contributed by atoms with Crippen LogP contribution in [0.25, 0.3) is 0 Å². The van der Waals surface area contributed by atoms with Crippen molar-refractivity contribution in [3.63, 3.8) is 0 Å². The molecule has 7 nitrogen and oxygen atoms in total. The SMILES string of the molecule is CCOP(C)(=O)C(C)[Si](C)(O[Si](C)(C)C)O[Si](C)(O)O[Si](C)(C)O[Si](C)(C)C. The van der Waals surface area contributed by atoms with Crippen LogP contribution < -0.4 is 0 Å². The summed E-state index contributed by atoms with van der Waals surface area (Å²) in [7, 11) is -16.2. The first-order valence-corrected chi connectivity index (χ1v) is 26.2. The molecular formula is C15H43O7PSi5. The lowest BCUT2D eigenvalue weighted by Crippen LogP contribution is -2.64. The van der Waals surface area contributed by atoms with Crippen LogP contribution in [-0.4, -0.2) is 65.9 Å². The predicted octanol–water partition coefficient (Wildman–Crippen LogP) is 4.93. The van der Waals surface area contributed by atoms with Crippen LogP contribution >= 0.6 is 7.37 Å². The second-order valence-corrected chi connectivity index (χ2v) is 32.5. The third-order valence-corrected chi connectivity index (χ3v) is 25.3. The van der Waals surface area contributed by atoms with E-state index < -0.39 is 55.2 Å². The fourth-order valence-corrected chi connectivity index (χ4v) is 28.9. The Kier molecular flexibility index (Phi) is 10.1. The van der Waals surface area contributed by atoms with E-state index in [1.54, 1.807) is 13.2 Å². The van der Waals surface area contributed by atoms with Crippen LogP contribution in [0.15, 0.2) is 0 Å². The summed E-state index contributed by atoms with van der Waals surface area (Å²) in [6.45, 7) is 25.4. The summed E-state index contributed by atoms with van der Waals surface area (Å²) in [5.41, 5.74) is 0. The lowest BCUT2D eigenvalue weighted by Gasteiger charge is -2.44. The average Bonchev–Trinajstić information content (AvgIpc) is 2.29. The highest BCUT2D eigenvalue weighted by Gasteiger charge is 2.55. The van der Waals surface area contributed by atoms with Gasteiger partial charge in [0, 0.05) is 13.2 Å². The molecule has 0 aliphatic heterocycles. The van der Waals surface area contributed by atoms with Crippen LogP contribution in [0.5, 0.6) is 0 Å². The molecule has 4 unspecified atom stereocenters. The lowest BCUT2D eigenvalue weighted by molar-refractivity contribution is 0.205. The fourth-order valence-electron chi connectivity index (χ4n) is 3.20. The van der Waals surface area contributed by atoms with Gasteiger partial charge < -0.3 is 25.8 Å². The third-order valence-electron chi connectivity index (χ3n) is 3.74. The minimum atomic E-state index is -3.60. The van der Waals surface area contributed by atoms with E-state index in [2.05, 4.69) is 39.3 Å². The van der Waals surface area contributed by atoms with Crippen LogP contribution in [0.2, 0.25) is 65.5 Å². The summed E-state index contributed by atoms with van der Waals surface area (Å²) < 4.78 is 43.8. The first kappa shape index (κ1) is 29.1. The maximum absolute atomic E-state index is 13.2. The van der Waals surface area contributed by atoms with Gasteiger partial charge >= 0.3 is 25.9 Å². The lowest BCUT2D eigenvalue weighted by atomic mass is 10.9. The maximum Gasteiger partial charge on any atom is 0.477 e. The van der Waals surface area contributed by atoms with Gasteiger partial charge in [-0.1, -0.05) is 6.92 Å². The van der Waals surface area contributed by atoms with Gasteiger partial charge in [0.05, 0.1) is 11.9 Å². The molecular weight excluding hydrogens is 464 g/mol. The molecule has 0 aromatic rings. The molecule has 0 bridgehead atoms. The van der Waals surface area contributed by atoms with Crippen LogP contribution in [0, 0.1) is 0 Å². The van der Waals surface area contributed by atoms with E-state index in [-0.39, 0.29) is 0 Å². The van der Waals surface area contributed by atoms with Gasteiger partial charge in [-0.3, -0.25) is 4.57 Å². The fraction of sp³-hybridized carbons (Fsp3) is 1.00. The van der Waals surface area contributed by atoms with Crippen LogP contribution in [0.1, 0.15) is 13.8 Å². The van der Waals surface area contributed by atoms with Crippen molar-refractivity contribution >= 4 is 49.9 Å². The van der Waals surface area contributed by atoms with E-state index in [4.69, 9.17) is 21.0 Å². The summed E-state index contributed by atoms with van der Waals surface area (Å²) in [4.78, 5) is 11.1. The Hall–Kier alpha value is 1.07. The van der Waals surface area contributed by atoms with Gasteiger partial charge in [0.15, 0.2) is 16.6 Å². The molecule has 0 fully saturated rings. The predicted molar refractivity (Wildman–Crippen MR) is 129 cm³/mol. The second kappa shape index (κ2) is 9.69. The molecule has 0 radical (unpaired) electrons. The molecule has 4 atom stereocenters. The molecule has 1 N–H and O–H groups in total. The van der Waals surface area contributed by atoms with Gasteiger partial charge in [-0.05, 0) is 65.8 Å². The van der Waals surface area contributed by atoms with E-state index in [0.29, 0.717) is 6.61 Å². The van der Waals surface area contributed by atoms with Crippen molar-refractivity contribution < 1.29 is 30.3 Å². The Labute approximate surface area is 178 Å². The molecule has 0 saturated carbocycles. The minimum absolute atomic E-state index is 0.351. The highest BCUT2D eigenvalue weighted by Crippen LogP contribution is 2.52. The highest BCUT2D eigenvalue weighted by molar-refractivity contribution is 7.61. The van der Waals surface area contributed by atoms with Gasteiger partial charge in [0.25, 0.3) is 0 Å². The zero-order chi connectivity index (χ0) is 22.8. The minimum Gasteiger partial charge on any atom is -0.437 e. The molecule has 0 saturated heterocycles. The van der Waals surface area contributed by atoms with Gasteiger partial charge in [0.2, 0.25) is 7.37 Å². The Balaban J connectivity index is 5.79. The first-order chi connectivity index (χ1) is 12.0. The van der Waals surface area contributed by atoms with Crippen molar-refractivity contribution in [2.24, 2.45) is 0 Å². The number of hydrogen-bond acceptors (Lipinski definition) is 7. The van der Waals surface area contributed by atoms with E-state index in [9.17, 15) is 9.36 Å². The molecule has 0 aromatic heterocycles. The molecule has 0 aromatic carbocycles. The van der Waals surface area contributed by atoms with Crippen molar-refractivity contribution in [1.29, 1.82) is 0 Å². The van der Waals surface area contributed by atoms with E-state index in [0.717, 1.165) is 0 Å². The summed E-state index contributed by atoms with van der Waals surface area (Å²) in [5.74, 6) is 0. The molecule has 28 heavy (non-hydrogen) atoms. The zero-order valence-corrected chi connectivity index (χ0v) is 26.0. The largest absolute Gasteiger partial charge is 0.477 e. The molecule has 0 spiro atoms. The summed E-state index contributed by atoms with van der Waals surface area (Å²) >= 11 is 0. The topological polar surface area (TPSA) is 83.5 Å². The number of hydrogen-bond donors (Lipinski definition) is 1. The maximum atomic E-state index is 13.2. The average molecular weight is 507 g/mol. The molecule has 13 heteroatoms.